The van der Waals surface area contributed by atoms with Crippen molar-refractivity contribution in [3.8, 4) is 17.1 Å². The molecule has 3 aromatic rings. The van der Waals surface area contributed by atoms with E-state index in [0.717, 1.165) is 17.0 Å². The van der Waals surface area contributed by atoms with Crippen molar-refractivity contribution in [2.75, 3.05) is 25.5 Å². The lowest BCUT2D eigenvalue weighted by Gasteiger charge is -2.31. The SMILES string of the molecule is CCc1nc(-c2ccc(C(=O)N3CCC(C(=O)Nc4ccc(OC)cc4)CC3)cc2)no1. The van der Waals surface area contributed by atoms with Crippen LogP contribution in [0.15, 0.2) is 53.1 Å². The van der Waals surface area contributed by atoms with E-state index in [0.29, 0.717) is 49.6 Å². The number of aryl methyl sites for hydroxylation is 1. The number of anilines is 1. The summed E-state index contributed by atoms with van der Waals surface area (Å²) in [7, 11) is 1.60. The molecule has 1 aliphatic rings. The largest absolute Gasteiger partial charge is 0.497 e. The Hall–Kier alpha value is -3.68. The fourth-order valence-corrected chi connectivity index (χ4v) is 3.72. The molecule has 0 aliphatic carbocycles. The Morgan fingerprint density at radius 3 is 2.38 bits per heavy atom. The van der Waals surface area contributed by atoms with Gasteiger partial charge in [-0.25, -0.2) is 0 Å². The van der Waals surface area contributed by atoms with Crippen LogP contribution in [-0.2, 0) is 11.2 Å². The van der Waals surface area contributed by atoms with Gasteiger partial charge in [-0.05, 0) is 49.2 Å². The normalized spacial score (nSPS) is 14.2. The van der Waals surface area contributed by atoms with Crippen molar-refractivity contribution in [3.63, 3.8) is 0 Å². The molecular formula is C24H26N4O4. The predicted molar refractivity (Wildman–Crippen MR) is 119 cm³/mol. The lowest BCUT2D eigenvalue weighted by atomic mass is 9.95. The quantitative estimate of drug-likeness (QED) is 0.634. The highest BCUT2D eigenvalue weighted by Crippen LogP contribution is 2.23. The number of amides is 2. The van der Waals surface area contributed by atoms with E-state index in [1.54, 1.807) is 24.1 Å². The zero-order valence-electron chi connectivity index (χ0n) is 18.2. The molecule has 1 N–H and O–H groups in total. The first-order valence-corrected chi connectivity index (χ1v) is 10.7. The van der Waals surface area contributed by atoms with Crippen LogP contribution in [0.3, 0.4) is 0 Å². The minimum Gasteiger partial charge on any atom is -0.497 e. The Balaban J connectivity index is 1.31. The number of nitrogens with one attached hydrogen (secondary N) is 1. The molecule has 1 aliphatic heterocycles. The molecule has 0 saturated carbocycles. The minimum absolute atomic E-state index is 0.0156. The van der Waals surface area contributed by atoms with Gasteiger partial charge in [0.25, 0.3) is 5.91 Å². The molecule has 32 heavy (non-hydrogen) atoms. The number of nitrogens with zero attached hydrogens (tertiary/aromatic N) is 3. The zero-order chi connectivity index (χ0) is 22.5. The van der Waals surface area contributed by atoms with Crippen molar-refractivity contribution >= 4 is 17.5 Å². The Morgan fingerprint density at radius 1 is 1.09 bits per heavy atom. The third kappa shape index (κ3) is 4.80. The van der Waals surface area contributed by atoms with E-state index in [1.165, 1.54) is 0 Å². The average molecular weight is 434 g/mol. The maximum atomic E-state index is 12.9. The van der Waals surface area contributed by atoms with E-state index >= 15 is 0 Å². The fourth-order valence-electron chi connectivity index (χ4n) is 3.72. The third-order valence-electron chi connectivity index (χ3n) is 5.67. The highest BCUT2D eigenvalue weighted by Gasteiger charge is 2.28. The van der Waals surface area contributed by atoms with Gasteiger partial charge in [-0.1, -0.05) is 24.2 Å². The maximum absolute atomic E-state index is 12.9. The third-order valence-corrected chi connectivity index (χ3v) is 5.67. The fraction of sp³-hybridized carbons (Fsp3) is 0.333. The summed E-state index contributed by atoms with van der Waals surface area (Å²) < 4.78 is 10.3. The van der Waals surface area contributed by atoms with Crippen LogP contribution in [-0.4, -0.2) is 47.1 Å². The first kappa shape index (κ1) is 21.5. The van der Waals surface area contributed by atoms with Gasteiger partial charge < -0.3 is 19.5 Å². The first-order valence-electron chi connectivity index (χ1n) is 10.7. The second kappa shape index (κ2) is 9.64. The monoisotopic (exact) mass is 434 g/mol. The Kier molecular flexibility index (Phi) is 6.49. The van der Waals surface area contributed by atoms with Gasteiger partial charge in [0.15, 0.2) is 0 Å². The number of methoxy groups -OCH3 is 1. The smallest absolute Gasteiger partial charge is 0.253 e. The first-order chi connectivity index (χ1) is 15.6. The Labute approximate surface area is 186 Å². The highest BCUT2D eigenvalue weighted by molar-refractivity contribution is 5.95. The number of hydrogen-bond acceptors (Lipinski definition) is 6. The van der Waals surface area contributed by atoms with E-state index < -0.39 is 0 Å². The zero-order valence-corrected chi connectivity index (χ0v) is 18.2. The lowest BCUT2D eigenvalue weighted by molar-refractivity contribution is -0.121. The molecule has 8 nitrogen and oxygen atoms in total. The van der Waals surface area contributed by atoms with Gasteiger partial charge in [0.1, 0.15) is 5.75 Å². The number of carbonyl (C=O) groups excluding carboxylic acids is 2. The number of aromatic nitrogens is 2. The van der Waals surface area contributed by atoms with Crippen molar-refractivity contribution in [1.82, 2.24) is 15.0 Å². The van der Waals surface area contributed by atoms with Gasteiger partial charge in [0.2, 0.25) is 17.6 Å². The van der Waals surface area contributed by atoms with Crippen molar-refractivity contribution in [1.29, 1.82) is 0 Å². The minimum atomic E-state index is -0.116. The van der Waals surface area contributed by atoms with Gasteiger partial charge in [-0.15, -0.1) is 0 Å². The summed E-state index contributed by atoms with van der Waals surface area (Å²) in [5.74, 6) is 1.68. The summed E-state index contributed by atoms with van der Waals surface area (Å²) in [6.45, 7) is 3.04. The molecule has 0 unspecified atom stereocenters. The molecule has 2 amide bonds. The van der Waals surface area contributed by atoms with Crippen molar-refractivity contribution in [2.24, 2.45) is 5.92 Å². The lowest BCUT2D eigenvalue weighted by Crippen LogP contribution is -2.41. The molecule has 1 fully saturated rings. The van der Waals surface area contributed by atoms with E-state index in [1.807, 2.05) is 43.3 Å². The molecule has 2 aromatic carbocycles. The number of carbonyl (C=O) groups is 2. The topological polar surface area (TPSA) is 97.6 Å². The molecule has 0 radical (unpaired) electrons. The molecule has 1 saturated heterocycles. The molecule has 4 rings (SSSR count). The second-order valence-electron chi connectivity index (χ2n) is 7.73. The molecule has 0 spiro atoms. The molecule has 1 aromatic heterocycles. The summed E-state index contributed by atoms with van der Waals surface area (Å²) in [5.41, 5.74) is 2.15. The van der Waals surface area contributed by atoms with Gasteiger partial charge in [0.05, 0.1) is 7.11 Å². The molecule has 0 bridgehead atoms. The van der Waals surface area contributed by atoms with Gasteiger partial charge in [-0.3, -0.25) is 9.59 Å². The standard InChI is InChI=1S/C24H26N4O4/c1-3-21-26-22(27-32-21)16-4-6-18(7-5-16)24(30)28-14-12-17(13-15-28)23(29)25-19-8-10-20(31-2)11-9-19/h4-11,17H,3,12-15H2,1-2H3,(H,25,29). The van der Waals surface area contributed by atoms with E-state index in [9.17, 15) is 9.59 Å². The van der Waals surface area contributed by atoms with Crippen LogP contribution in [0, 0.1) is 5.92 Å². The van der Waals surface area contributed by atoms with Crippen LogP contribution < -0.4 is 10.1 Å². The van der Waals surface area contributed by atoms with E-state index in [4.69, 9.17) is 9.26 Å². The summed E-state index contributed by atoms with van der Waals surface area (Å²) in [4.78, 5) is 31.6. The van der Waals surface area contributed by atoms with Crippen LogP contribution in [0.1, 0.15) is 36.0 Å². The van der Waals surface area contributed by atoms with E-state index in [2.05, 4.69) is 15.5 Å². The highest BCUT2D eigenvalue weighted by atomic mass is 16.5. The van der Waals surface area contributed by atoms with E-state index in [-0.39, 0.29) is 17.7 Å². The number of ether oxygens (including phenoxy) is 1. The van der Waals surface area contributed by atoms with Crippen LogP contribution >= 0.6 is 0 Å². The summed E-state index contributed by atoms with van der Waals surface area (Å²) in [6, 6.07) is 14.5. The number of rotatable bonds is 6. The Morgan fingerprint density at radius 2 is 1.78 bits per heavy atom. The maximum Gasteiger partial charge on any atom is 0.253 e. The molecule has 2 heterocycles. The van der Waals surface area contributed by atoms with Gasteiger partial charge >= 0.3 is 0 Å². The number of piperidine rings is 1. The predicted octanol–water partition coefficient (Wildman–Crippen LogP) is 3.80. The molecule has 0 atom stereocenters. The summed E-state index contributed by atoms with van der Waals surface area (Å²) in [5, 5.41) is 6.91. The second-order valence-corrected chi connectivity index (χ2v) is 7.73. The molecule has 166 valence electrons. The summed E-state index contributed by atoms with van der Waals surface area (Å²) >= 11 is 0. The van der Waals surface area contributed by atoms with Gasteiger partial charge in [0, 0.05) is 42.2 Å². The van der Waals surface area contributed by atoms with Crippen LogP contribution in [0.2, 0.25) is 0 Å². The van der Waals surface area contributed by atoms with Crippen molar-refractivity contribution in [3.05, 3.63) is 60.0 Å². The number of benzene rings is 2. The molecule has 8 heteroatoms. The van der Waals surface area contributed by atoms with Crippen LogP contribution in [0.25, 0.3) is 11.4 Å². The van der Waals surface area contributed by atoms with Gasteiger partial charge in [-0.2, -0.15) is 4.98 Å². The van der Waals surface area contributed by atoms with Crippen molar-refractivity contribution < 1.29 is 18.8 Å². The Bertz CT molecular complexity index is 1070. The van der Waals surface area contributed by atoms with Crippen LogP contribution in [0.4, 0.5) is 5.69 Å². The molecular weight excluding hydrogens is 408 g/mol. The summed E-state index contributed by atoms with van der Waals surface area (Å²) in [6.07, 6.45) is 1.95. The van der Waals surface area contributed by atoms with Crippen molar-refractivity contribution in [2.45, 2.75) is 26.2 Å². The average Bonchev–Trinajstić information content (AvgIpc) is 3.34. The number of likely N-dealkylation sites (tertiary alicyclic amines) is 1. The number of hydrogen-bond donors (Lipinski definition) is 1. The van der Waals surface area contributed by atoms with Crippen LogP contribution in [0.5, 0.6) is 5.75 Å².